The first-order chi connectivity index (χ1) is 11.5. The topological polar surface area (TPSA) is 94.1 Å². The number of carboxylic acid groups (broad SMARTS) is 1. The summed E-state index contributed by atoms with van der Waals surface area (Å²) in [5, 5.41) is 12.0. The largest absolute Gasteiger partial charge is 0.493 e. The van der Waals surface area contributed by atoms with E-state index in [0.717, 1.165) is 17.7 Å². The predicted molar refractivity (Wildman–Crippen MR) is 86.1 cm³/mol. The highest BCUT2D eigenvalue weighted by atomic mass is 16.5. The van der Waals surface area contributed by atoms with E-state index >= 15 is 0 Å². The molecular formula is C17H23NO6. The number of hydrogen-bond donors (Lipinski definition) is 2. The summed E-state index contributed by atoms with van der Waals surface area (Å²) in [6, 6.07) is 4.04. The van der Waals surface area contributed by atoms with E-state index in [0.29, 0.717) is 25.4 Å². The zero-order valence-corrected chi connectivity index (χ0v) is 13.9. The highest BCUT2D eigenvalue weighted by Crippen LogP contribution is 2.28. The average Bonchev–Trinajstić information content (AvgIpc) is 3.03. The quantitative estimate of drug-likeness (QED) is 0.660. The third-order valence-electron chi connectivity index (χ3n) is 3.75. The van der Waals surface area contributed by atoms with Crippen molar-refractivity contribution in [3.8, 4) is 5.75 Å². The minimum atomic E-state index is -1.12. The molecule has 2 N–H and O–H groups in total. The van der Waals surface area contributed by atoms with E-state index in [1.165, 1.54) is 0 Å². The Bertz CT molecular complexity index is 588. The molecular weight excluding hydrogens is 314 g/mol. The number of rotatable bonds is 9. The van der Waals surface area contributed by atoms with Gasteiger partial charge in [0.15, 0.2) is 6.04 Å². The van der Waals surface area contributed by atoms with Crippen molar-refractivity contribution in [1.82, 2.24) is 5.32 Å². The number of fused-ring (bicyclic) bond motifs is 1. The lowest BCUT2D eigenvalue weighted by Gasteiger charge is -2.19. The van der Waals surface area contributed by atoms with E-state index in [1.54, 1.807) is 25.1 Å². The summed E-state index contributed by atoms with van der Waals surface area (Å²) in [5.74, 6) is -0.832. The van der Waals surface area contributed by atoms with Crippen molar-refractivity contribution >= 4 is 11.9 Å². The maximum atomic E-state index is 12.2. The molecule has 1 aromatic carbocycles. The van der Waals surface area contributed by atoms with E-state index < -0.39 is 24.0 Å². The highest BCUT2D eigenvalue weighted by Gasteiger charge is 2.26. The molecule has 0 aromatic heterocycles. The van der Waals surface area contributed by atoms with Gasteiger partial charge < -0.3 is 24.6 Å². The monoisotopic (exact) mass is 337 g/mol. The molecule has 0 fully saturated rings. The van der Waals surface area contributed by atoms with Gasteiger partial charge in [-0.2, -0.15) is 0 Å². The summed E-state index contributed by atoms with van der Waals surface area (Å²) in [4.78, 5) is 23.7. The molecule has 0 spiro atoms. The summed E-state index contributed by atoms with van der Waals surface area (Å²) < 4.78 is 15.9. The van der Waals surface area contributed by atoms with Gasteiger partial charge in [-0.05, 0) is 37.1 Å². The highest BCUT2D eigenvalue weighted by molar-refractivity contribution is 5.86. The first-order valence-electron chi connectivity index (χ1n) is 8.01. The molecule has 1 aliphatic heterocycles. The second-order valence-corrected chi connectivity index (χ2v) is 5.46. The number of ether oxygens (including phenoxy) is 3. The Kier molecular flexibility index (Phi) is 6.57. The van der Waals surface area contributed by atoms with Gasteiger partial charge in [0, 0.05) is 13.0 Å². The number of hydrogen-bond acceptors (Lipinski definition) is 5. The molecule has 0 aliphatic carbocycles. The van der Waals surface area contributed by atoms with Crippen LogP contribution >= 0.6 is 0 Å². The SMILES string of the molecule is CCOCCOC(C)C(=O)NC(C(=O)O)c1ccc2c(c1)CCO2. The number of carboxylic acids is 1. The predicted octanol–water partition coefficient (Wildman–Crippen LogP) is 1.31. The van der Waals surface area contributed by atoms with Gasteiger partial charge in [0.1, 0.15) is 11.9 Å². The van der Waals surface area contributed by atoms with Crippen LogP contribution in [0.3, 0.4) is 0 Å². The van der Waals surface area contributed by atoms with Crippen molar-refractivity contribution in [3.63, 3.8) is 0 Å². The summed E-state index contributed by atoms with van der Waals surface area (Å²) in [6.07, 6.45) is -0.0227. The van der Waals surface area contributed by atoms with Crippen molar-refractivity contribution < 1.29 is 28.9 Å². The Morgan fingerprint density at radius 3 is 2.88 bits per heavy atom. The number of aliphatic carboxylic acids is 1. The smallest absolute Gasteiger partial charge is 0.330 e. The maximum absolute atomic E-state index is 12.2. The van der Waals surface area contributed by atoms with E-state index in [4.69, 9.17) is 14.2 Å². The molecule has 24 heavy (non-hydrogen) atoms. The minimum absolute atomic E-state index is 0.274. The maximum Gasteiger partial charge on any atom is 0.330 e. The van der Waals surface area contributed by atoms with Crippen LogP contribution in [-0.4, -0.2) is 49.5 Å². The van der Waals surface area contributed by atoms with Crippen LogP contribution in [0.1, 0.15) is 31.0 Å². The van der Waals surface area contributed by atoms with Gasteiger partial charge in [-0.3, -0.25) is 4.79 Å². The summed E-state index contributed by atoms with van der Waals surface area (Å²) in [5.41, 5.74) is 1.47. The van der Waals surface area contributed by atoms with E-state index in [1.807, 2.05) is 6.92 Å². The summed E-state index contributed by atoms with van der Waals surface area (Å²) in [6.45, 7) is 5.28. The van der Waals surface area contributed by atoms with Crippen LogP contribution in [0.4, 0.5) is 0 Å². The van der Waals surface area contributed by atoms with Crippen LogP contribution in [0.2, 0.25) is 0 Å². The lowest BCUT2D eigenvalue weighted by atomic mass is 10.0. The zero-order valence-electron chi connectivity index (χ0n) is 13.9. The van der Waals surface area contributed by atoms with Crippen molar-refractivity contribution in [2.24, 2.45) is 0 Å². The standard InChI is InChI=1S/C17H23NO6/c1-3-22-8-9-23-11(2)16(19)18-15(17(20)21)13-4-5-14-12(10-13)6-7-24-14/h4-5,10-11,15H,3,6-9H2,1-2H3,(H,18,19)(H,20,21). The molecule has 0 radical (unpaired) electrons. The number of amides is 1. The van der Waals surface area contributed by atoms with Gasteiger partial charge in [-0.1, -0.05) is 6.07 Å². The lowest BCUT2D eigenvalue weighted by Crippen LogP contribution is -2.40. The van der Waals surface area contributed by atoms with Crippen LogP contribution < -0.4 is 10.1 Å². The van der Waals surface area contributed by atoms with E-state index in [-0.39, 0.29) is 6.61 Å². The van der Waals surface area contributed by atoms with Gasteiger partial charge in [-0.25, -0.2) is 4.79 Å². The molecule has 1 aliphatic rings. The molecule has 2 unspecified atom stereocenters. The number of nitrogens with one attached hydrogen (secondary N) is 1. The molecule has 1 heterocycles. The number of carbonyl (C=O) groups excluding carboxylic acids is 1. The molecule has 0 bridgehead atoms. The molecule has 2 atom stereocenters. The molecule has 1 aromatic rings. The second kappa shape index (κ2) is 8.65. The fourth-order valence-corrected chi connectivity index (χ4v) is 2.44. The second-order valence-electron chi connectivity index (χ2n) is 5.46. The zero-order chi connectivity index (χ0) is 17.5. The van der Waals surface area contributed by atoms with Gasteiger partial charge in [0.2, 0.25) is 5.91 Å². The van der Waals surface area contributed by atoms with Crippen LogP contribution in [0.5, 0.6) is 5.75 Å². The minimum Gasteiger partial charge on any atom is -0.493 e. The Morgan fingerprint density at radius 1 is 1.38 bits per heavy atom. The molecule has 0 saturated carbocycles. The molecule has 132 valence electrons. The number of carbonyl (C=O) groups is 2. The number of benzene rings is 1. The van der Waals surface area contributed by atoms with Gasteiger partial charge in [0.25, 0.3) is 0 Å². The van der Waals surface area contributed by atoms with Crippen LogP contribution in [0, 0.1) is 0 Å². The summed E-state index contributed by atoms with van der Waals surface area (Å²) in [7, 11) is 0. The fraction of sp³-hybridized carbons (Fsp3) is 0.529. The molecule has 1 amide bonds. The lowest BCUT2D eigenvalue weighted by molar-refractivity contribution is -0.144. The average molecular weight is 337 g/mol. The fourth-order valence-electron chi connectivity index (χ4n) is 2.44. The Morgan fingerprint density at radius 2 is 2.17 bits per heavy atom. The third kappa shape index (κ3) is 4.69. The van der Waals surface area contributed by atoms with Crippen LogP contribution in [0.15, 0.2) is 18.2 Å². The van der Waals surface area contributed by atoms with E-state index in [2.05, 4.69) is 5.32 Å². The van der Waals surface area contributed by atoms with E-state index in [9.17, 15) is 14.7 Å². The first kappa shape index (κ1) is 18.2. The van der Waals surface area contributed by atoms with Crippen LogP contribution in [0.25, 0.3) is 0 Å². The molecule has 2 rings (SSSR count). The Hall–Kier alpha value is -2.12. The van der Waals surface area contributed by atoms with Crippen molar-refractivity contribution in [2.45, 2.75) is 32.4 Å². The van der Waals surface area contributed by atoms with Crippen molar-refractivity contribution in [2.75, 3.05) is 26.4 Å². The third-order valence-corrected chi connectivity index (χ3v) is 3.75. The van der Waals surface area contributed by atoms with Gasteiger partial charge in [0.05, 0.1) is 19.8 Å². The summed E-state index contributed by atoms with van der Waals surface area (Å²) >= 11 is 0. The van der Waals surface area contributed by atoms with Crippen molar-refractivity contribution in [1.29, 1.82) is 0 Å². The Balaban J connectivity index is 1.98. The molecule has 7 nitrogen and oxygen atoms in total. The van der Waals surface area contributed by atoms with Gasteiger partial charge >= 0.3 is 5.97 Å². The first-order valence-corrected chi connectivity index (χ1v) is 8.01. The molecule has 0 saturated heterocycles. The molecule has 7 heteroatoms. The van der Waals surface area contributed by atoms with Crippen molar-refractivity contribution in [3.05, 3.63) is 29.3 Å². The Labute approximate surface area is 140 Å². The van der Waals surface area contributed by atoms with Crippen LogP contribution in [-0.2, 0) is 25.5 Å². The normalized spacial score (nSPS) is 15.2. The van der Waals surface area contributed by atoms with Gasteiger partial charge in [-0.15, -0.1) is 0 Å².